The van der Waals surface area contributed by atoms with Crippen LogP contribution in [0.15, 0.2) is 95.5 Å². The van der Waals surface area contributed by atoms with Crippen molar-refractivity contribution < 1.29 is 14.3 Å². The van der Waals surface area contributed by atoms with Crippen molar-refractivity contribution in [1.29, 1.82) is 0 Å². The fourth-order valence-corrected chi connectivity index (χ4v) is 4.22. The zero-order valence-corrected chi connectivity index (χ0v) is 22.5. The fourth-order valence-electron chi connectivity index (χ4n) is 3.95. The summed E-state index contributed by atoms with van der Waals surface area (Å²) in [6.07, 6.45) is 0. The zero-order chi connectivity index (χ0) is 26.6. The van der Waals surface area contributed by atoms with Crippen LogP contribution in [0.25, 0.3) is 33.5 Å². The number of hydrogen-bond donors (Lipinski definition) is 1. The van der Waals surface area contributed by atoms with Gasteiger partial charge in [0.15, 0.2) is 6.61 Å². The number of rotatable bonds is 6. The Morgan fingerprint density at radius 3 is 1.87 bits per heavy atom. The Morgan fingerprint density at radius 1 is 0.737 bits per heavy atom. The maximum atomic E-state index is 12.7. The third-order valence-corrected chi connectivity index (χ3v) is 6.54. The Labute approximate surface area is 228 Å². The molecule has 1 N–H and O–H groups in total. The molecule has 188 valence electrons. The predicted molar refractivity (Wildman–Crippen MR) is 153 cm³/mol. The monoisotopic (exact) mass is 565 g/mol. The highest BCUT2D eigenvalue weighted by atomic mass is 79.9. The number of esters is 1. The van der Waals surface area contributed by atoms with Crippen LogP contribution in [0.2, 0.25) is 0 Å². The summed E-state index contributed by atoms with van der Waals surface area (Å²) >= 11 is 3.35. The van der Waals surface area contributed by atoms with Crippen LogP contribution < -0.4 is 5.32 Å². The first-order valence-electron chi connectivity index (χ1n) is 12.0. The minimum Gasteiger partial charge on any atom is -0.452 e. The third kappa shape index (κ3) is 5.79. The van der Waals surface area contributed by atoms with Gasteiger partial charge in [-0.2, -0.15) is 0 Å². The summed E-state index contributed by atoms with van der Waals surface area (Å²) in [5, 5.41) is 2.70. The fraction of sp³-hybridized carbons (Fsp3) is 0.0968. The number of aromatic nitrogens is 2. The molecule has 0 spiro atoms. The smallest absolute Gasteiger partial charge is 0.338 e. The molecule has 6 nitrogen and oxygen atoms in total. The molecule has 0 fully saturated rings. The molecular formula is C31H24BrN3O3. The highest BCUT2D eigenvalue weighted by molar-refractivity contribution is 9.10. The molecule has 0 aliphatic carbocycles. The molecule has 0 atom stereocenters. The van der Waals surface area contributed by atoms with Crippen LogP contribution in [0.1, 0.15) is 21.5 Å². The Bertz CT molecular complexity index is 1630. The summed E-state index contributed by atoms with van der Waals surface area (Å²) in [5.41, 5.74) is 7.80. The molecule has 4 aromatic carbocycles. The minimum atomic E-state index is -0.612. The molecule has 5 aromatic rings. The molecule has 0 aliphatic heterocycles. The van der Waals surface area contributed by atoms with Gasteiger partial charge in [0.25, 0.3) is 5.91 Å². The Hall–Kier alpha value is -4.36. The van der Waals surface area contributed by atoms with Crippen molar-refractivity contribution in [3.05, 3.63) is 112 Å². The molecule has 0 bridgehead atoms. The lowest BCUT2D eigenvalue weighted by molar-refractivity contribution is -0.119. The number of aryl methyl sites for hydroxylation is 2. The number of hydrogen-bond acceptors (Lipinski definition) is 5. The number of benzene rings is 4. The van der Waals surface area contributed by atoms with Crippen molar-refractivity contribution in [3.8, 4) is 22.5 Å². The van der Waals surface area contributed by atoms with Gasteiger partial charge in [-0.15, -0.1) is 0 Å². The number of nitrogens with one attached hydrogen (secondary N) is 1. The van der Waals surface area contributed by atoms with E-state index in [1.165, 1.54) is 0 Å². The largest absolute Gasteiger partial charge is 0.452 e. The van der Waals surface area contributed by atoms with Crippen molar-refractivity contribution in [2.45, 2.75) is 13.8 Å². The van der Waals surface area contributed by atoms with Gasteiger partial charge in [-0.05, 0) is 56.3 Å². The molecule has 5 rings (SSSR count). The molecule has 1 amide bonds. The maximum Gasteiger partial charge on any atom is 0.338 e. The van der Waals surface area contributed by atoms with Crippen molar-refractivity contribution in [1.82, 2.24) is 9.97 Å². The number of amides is 1. The highest BCUT2D eigenvalue weighted by Crippen LogP contribution is 2.31. The molecule has 0 unspecified atom stereocenters. The number of ether oxygens (including phenoxy) is 1. The van der Waals surface area contributed by atoms with E-state index in [2.05, 4.69) is 21.2 Å². The second-order valence-electron chi connectivity index (χ2n) is 8.99. The second-order valence-corrected chi connectivity index (χ2v) is 9.90. The second kappa shape index (κ2) is 10.9. The Balaban J connectivity index is 1.42. The highest BCUT2D eigenvalue weighted by Gasteiger charge is 2.16. The van der Waals surface area contributed by atoms with Gasteiger partial charge in [0.05, 0.1) is 28.0 Å². The lowest BCUT2D eigenvalue weighted by Gasteiger charge is -2.12. The average molecular weight is 566 g/mol. The van der Waals surface area contributed by atoms with Crippen LogP contribution in [0.5, 0.6) is 0 Å². The van der Waals surface area contributed by atoms with E-state index in [1.807, 2.05) is 74.5 Å². The number of fused-ring (bicyclic) bond motifs is 1. The number of halogens is 1. The molecule has 0 aliphatic rings. The number of nitrogens with zero attached hydrogens (tertiary/aromatic N) is 2. The summed E-state index contributed by atoms with van der Waals surface area (Å²) < 4.78 is 6.16. The molecular weight excluding hydrogens is 542 g/mol. The maximum absolute atomic E-state index is 12.7. The first-order valence-corrected chi connectivity index (χ1v) is 12.8. The molecule has 0 radical (unpaired) electrons. The van der Waals surface area contributed by atoms with E-state index in [-0.39, 0.29) is 0 Å². The molecule has 1 heterocycles. The third-order valence-electron chi connectivity index (χ3n) is 6.01. The van der Waals surface area contributed by atoms with Crippen molar-refractivity contribution in [2.75, 3.05) is 11.9 Å². The van der Waals surface area contributed by atoms with Crippen molar-refractivity contribution >= 4 is 44.5 Å². The molecule has 38 heavy (non-hydrogen) atoms. The average Bonchev–Trinajstić information content (AvgIpc) is 2.93. The van der Waals surface area contributed by atoms with E-state index in [9.17, 15) is 9.59 Å². The Kier molecular flexibility index (Phi) is 7.29. The van der Waals surface area contributed by atoms with Gasteiger partial charge in [-0.1, -0.05) is 75.6 Å². The molecule has 0 saturated heterocycles. The topological polar surface area (TPSA) is 81.2 Å². The first-order chi connectivity index (χ1) is 18.4. The van der Waals surface area contributed by atoms with Crippen LogP contribution >= 0.6 is 15.9 Å². The van der Waals surface area contributed by atoms with E-state index in [0.717, 1.165) is 38.1 Å². The van der Waals surface area contributed by atoms with E-state index in [4.69, 9.17) is 14.7 Å². The molecule has 7 heteroatoms. The summed E-state index contributed by atoms with van der Waals surface area (Å²) in [5.74, 6) is -1.04. The number of carbonyl (C=O) groups is 2. The number of carbonyl (C=O) groups excluding carboxylic acids is 2. The van der Waals surface area contributed by atoms with Gasteiger partial charge in [-0.25, -0.2) is 14.8 Å². The van der Waals surface area contributed by atoms with Gasteiger partial charge in [-0.3, -0.25) is 4.79 Å². The molecule has 0 saturated carbocycles. The van der Waals surface area contributed by atoms with E-state index < -0.39 is 18.5 Å². The van der Waals surface area contributed by atoms with Crippen LogP contribution in [-0.4, -0.2) is 28.5 Å². The predicted octanol–water partition coefficient (Wildman–Crippen LogP) is 7.14. The summed E-state index contributed by atoms with van der Waals surface area (Å²) in [7, 11) is 0. The quantitative estimate of drug-likeness (QED) is 0.221. The molecule has 1 aromatic heterocycles. The van der Waals surface area contributed by atoms with E-state index in [0.29, 0.717) is 22.3 Å². The summed E-state index contributed by atoms with van der Waals surface area (Å²) in [4.78, 5) is 34.8. The van der Waals surface area contributed by atoms with Crippen LogP contribution in [0.4, 0.5) is 5.69 Å². The van der Waals surface area contributed by atoms with E-state index >= 15 is 0 Å². The summed E-state index contributed by atoms with van der Waals surface area (Å²) in [6.45, 7) is 3.68. The SMILES string of the molecule is Cc1ccc(-c2nc3ccc(C(=O)OCC(=O)Nc4ccc(Br)cc4)cc3nc2-c2ccc(C)cc2)cc1. The standard InChI is InChI=1S/C31H24BrN3O3/c1-19-3-7-21(8-4-19)29-30(22-9-5-20(2)6-10-22)35-27-17-23(11-16-26(27)34-29)31(37)38-18-28(36)33-25-14-12-24(32)13-15-25/h3-17H,18H2,1-2H3,(H,33,36). The first kappa shape index (κ1) is 25.3. The minimum absolute atomic E-state index is 0.293. The van der Waals surface area contributed by atoms with Gasteiger partial charge >= 0.3 is 5.97 Å². The zero-order valence-electron chi connectivity index (χ0n) is 20.9. The Morgan fingerprint density at radius 2 is 1.29 bits per heavy atom. The van der Waals surface area contributed by atoms with Crippen LogP contribution in [0, 0.1) is 13.8 Å². The lowest BCUT2D eigenvalue weighted by atomic mass is 10.0. The van der Waals surface area contributed by atoms with Crippen molar-refractivity contribution in [3.63, 3.8) is 0 Å². The van der Waals surface area contributed by atoms with E-state index in [1.54, 1.807) is 30.3 Å². The van der Waals surface area contributed by atoms with Crippen LogP contribution in [0.3, 0.4) is 0 Å². The van der Waals surface area contributed by atoms with Crippen LogP contribution in [-0.2, 0) is 9.53 Å². The van der Waals surface area contributed by atoms with Gasteiger partial charge in [0, 0.05) is 21.3 Å². The normalized spacial score (nSPS) is 10.8. The van der Waals surface area contributed by atoms with Gasteiger partial charge < -0.3 is 10.1 Å². The van der Waals surface area contributed by atoms with Gasteiger partial charge in [0.1, 0.15) is 0 Å². The number of anilines is 1. The lowest BCUT2D eigenvalue weighted by Crippen LogP contribution is -2.20. The summed E-state index contributed by atoms with van der Waals surface area (Å²) in [6, 6.07) is 28.4. The van der Waals surface area contributed by atoms with Crippen molar-refractivity contribution in [2.24, 2.45) is 0 Å². The van der Waals surface area contributed by atoms with Gasteiger partial charge in [0.2, 0.25) is 0 Å².